The molecule has 1 aromatic heterocycles. The van der Waals surface area contributed by atoms with E-state index in [2.05, 4.69) is 10.1 Å². The quantitative estimate of drug-likeness (QED) is 0.403. The van der Waals surface area contributed by atoms with Gasteiger partial charge in [-0.15, -0.1) is 0 Å². The second kappa shape index (κ2) is 3.71. The molecule has 0 saturated heterocycles. The third kappa shape index (κ3) is 1.95. The molecule has 0 saturated carbocycles. The lowest BCUT2D eigenvalue weighted by atomic mass is 10.3. The third-order valence-electron chi connectivity index (χ3n) is 1.47. The van der Waals surface area contributed by atoms with Gasteiger partial charge in [-0.25, -0.2) is 0 Å². The SMILES string of the molecule is CN(C)c1ccnc(C=NO)c1. The van der Waals surface area contributed by atoms with Crippen LogP contribution in [0, 0.1) is 0 Å². The molecule has 0 aliphatic rings. The number of hydrogen-bond donors (Lipinski definition) is 1. The highest BCUT2D eigenvalue weighted by molar-refractivity contribution is 5.78. The first-order chi connectivity index (χ1) is 5.74. The fraction of sp³-hybridized carbons (Fsp3) is 0.250. The van der Waals surface area contributed by atoms with E-state index in [1.807, 2.05) is 31.1 Å². The number of anilines is 1. The first kappa shape index (κ1) is 8.52. The molecular weight excluding hydrogens is 154 g/mol. The summed E-state index contributed by atoms with van der Waals surface area (Å²) in [5.74, 6) is 0. The Bertz CT molecular complexity index is 283. The highest BCUT2D eigenvalue weighted by Gasteiger charge is 1.95. The topological polar surface area (TPSA) is 48.7 Å². The molecule has 1 rings (SSSR count). The lowest BCUT2D eigenvalue weighted by Gasteiger charge is -2.11. The molecule has 12 heavy (non-hydrogen) atoms. The number of oxime groups is 1. The van der Waals surface area contributed by atoms with Crippen molar-refractivity contribution in [2.24, 2.45) is 5.16 Å². The summed E-state index contributed by atoms with van der Waals surface area (Å²) < 4.78 is 0. The summed E-state index contributed by atoms with van der Waals surface area (Å²) in [6.45, 7) is 0. The van der Waals surface area contributed by atoms with Crippen molar-refractivity contribution >= 4 is 11.9 Å². The molecule has 1 aromatic rings. The van der Waals surface area contributed by atoms with Crippen molar-refractivity contribution in [1.82, 2.24) is 4.98 Å². The molecule has 0 spiro atoms. The highest BCUT2D eigenvalue weighted by atomic mass is 16.4. The minimum atomic E-state index is 0.642. The van der Waals surface area contributed by atoms with Gasteiger partial charge in [-0.3, -0.25) is 4.98 Å². The molecule has 0 bridgehead atoms. The van der Waals surface area contributed by atoms with Gasteiger partial charge in [-0.1, -0.05) is 5.16 Å². The Hall–Kier alpha value is -1.58. The van der Waals surface area contributed by atoms with Crippen LogP contribution in [0.1, 0.15) is 5.69 Å². The molecule has 4 heteroatoms. The first-order valence-corrected chi connectivity index (χ1v) is 3.55. The Labute approximate surface area is 71.1 Å². The first-order valence-electron chi connectivity index (χ1n) is 3.55. The Kier molecular flexibility index (Phi) is 2.63. The van der Waals surface area contributed by atoms with Crippen molar-refractivity contribution in [1.29, 1.82) is 0 Å². The van der Waals surface area contributed by atoms with Gasteiger partial charge in [0, 0.05) is 26.0 Å². The Balaban J connectivity index is 2.95. The van der Waals surface area contributed by atoms with Gasteiger partial charge < -0.3 is 10.1 Å². The Morgan fingerprint density at radius 1 is 1.58 bits per heavy atom. The van der Waals surface area contributed by atoms with E-state index in [9.17, 15) is 0 Å². The van der Waals surface area contributed by atoms with Gasteiger partial charge >= 0.3 is 0 Å². The van der Waals surface area contributed by atoms with Crippen LogP contribution in [0.3, 0.4) is 0 Å². The average Bonchev–Trinajstić information content (AvgIpc) is 2.05. The van der Waals surface area contributed by atoms with E-state index in [0.717, 1.165) is 5.69 Å². The van der Waals surface area contributed by atoms with Crippen molar-refractivity contribution in [2.75, 3.05) is 19.0 Å². The van der Waals surface area contributed by atoms with Crippen molar-refractivity contribution in [2.45, 2.75) is 0 Å². The standard InChI is InChI=1S/C8H11N3O/c1-11(2)8-3-4-9-7(5-8)6-10-12/h3-6,12H,1-2H3. The zero-order valence-electron chi connectivity index (χ0n) is 7.10. The molecule has 0 aliphatic carbocycles. The summed E-state index contributed by atoms with van der Waals surface area (Å²) in [6, 6.07) is 3.72. The molecule has 1 heterocycles. The molecule has 1 N–H and O–H groups in total. The maximum Gasteiger partial charge on any atom is 0.0918 e. The molecule has 0 amide bonds. The molecule has 0 aromatic carbocycles. The summed E-state index contributed by atoms with van der Waals surface area (Å²) in [5, 5.41) is 11.2. The largest absolute Gasteiger partial charge is 0.411 e. The molecular formula is C8H11N3O. The lowest BCUT2D eigenvalue weighted by molar-refractivity contribution is 0.321. The van der Waals surface area contributed by atoms with Gasteiger partial charge in [-0.2, -0.15) is 0 Å². The van der Waals surface area contributed by atoms with Crippen LogP contribution in [0.4, 0.5) is 5.69 Å². The van der Waals surface area contributed by atoms with E-state index in [1.165, 1.54) is 6.21 Å². The molecule has 0 aliphatic heterocycles. The number of hydrogen-bond acceptors (Lipinski definition) is 4. The number of rotatable bonds is 2. The molecule has 64 valence electrons. The molecule has 4 nitrogen and oxygen atoms in total. The van der Waals surface area contributed by atoms with E-state index < -0.39 is 0 Å². The van der Waals surface area contributed by atoms with Gasteiger partial charge in [0.1, 0.15) is 0 Å². The normalized spacial score (nSPS) is 10.5. The van der Waals surface area contributed by atoms with Crippen molar-refractivity contribution < 1.29 is 5.21 Å². The van der Waals surface area contributed by atoms with Crippen LogP contribution in [0.5, 0.6) is 0 Å². The van der Waals surface area contributed by atoms with E-state index in [-0.39, 0.29) is 0 Å². The van der Waals surface area contributed by atoms with Crippen LogP contribution in [-0.2, 0) is 0 Å². The zero-order valence-corrected chi connectivity index (χ0v) is 7.10. The van der Waals surface area contributed by atoms with Gasteiger partial charge in [0.2, 0.25) is 0 Å². The van der Waals surface area contributed by atoms with Crippen molar-refractivity contribution in [3.63, 3.8) is 0 Å². The zero-order chi connectivity index (χ0) is 8.97. The summed E-state index contributed by atoms with van der Waals surface area (Å²) in [4.78, 5) is 5.93. The summed E-state index contributed by atoms with van der Waals surface area (Å²) in [5.41, 5.74) is 1.67. The summed E-state index contributed by atoms with van der Waals surface area (Å²) in [6.07, 6.45) is 2.97. The maximum atomic E-state index is 8.27. The molecule has 0 fully saturated rings. The minimum Gasteiger partial charge on any atom is -0.411 e. The summed E-state index contributed by atoms with van der Waals surface area (Å²) >= 11 is 0. The predicted molar refractivity (Wildman–Crippen MR) is 47.9 cm³/mol. The molecule has 0 radical (unpaired) electrons. The van der Waals surface area contributed by atoms with Crippen LogP contribution in [0.25, 0.3) is 0 Å². The van der Waals surface area contributed by atoms with Crippen LogP contribution in [-0.4, -0.2) is 30.5 Å². The Morgan fingerprint density at radius 2 is 2.33 bits per heavy atom. The highest BCUT2D eigenvalue weighted by Crippen LogP contribution is 2.09. The van der Waals surface area contributed by atoms with Crippen LogP contribution in [0.15, 0.2) is 23.5 Å². The number of pyridine rings is 1. The third-order valence-corrected chi connectivity index (χ3v) is 1.47. The van der Waals surface area contributed by atoms with E-state index in [1.54, 1.807) is 6.20 Å². The average molecular weight is 165 g/mol. The van der Waals surface area contributed by atoms with Crippen LogP contribution in [0.2, 0.25) is 0 Å². The smallest absolute Gasteiger partial charge is 0.0918 e. The van der Waals surface area contributed by atoms with Gasteiger partial charge in [0.15, 0.2) is 0 Å². The maximum absolute atomic E-state index is 8.27. The minimum absolute atomic E-state index is 0.642. The second-order valence-corrected chi connectivity index (χ2v) is 2.58. The van der Waals surface area contributed by atoms with Crippen molar-refractivity contribution in [3.8, 4) is 0 Å². The van der Waals surface area contributed by atoms with E-state index >= 15 is 0 Å². The monoisotopic (exact) mass is 165 g/mol. The van der Waals surface area contributed by atoms with Crippen molar-refractivity contribution in [3.05, 3.63) is 24.0 Å². The number of aromatic nitrogens is 1. The second-order valence-electron chi connectivity index (χ2n) is 2.58. The van der Waals surface area contributed by atoms with E-state index in [0.29, 0.717) is 5.69 Å². The van der Waals surface area contributed by atoms with Gasteiger partial charge in [0.25, 0.3) is 0 Å². The molecule has 0 unspecified atom stereocenters. The Morgan fingerprint density at radius 3 is 2.92 bits per heavy atom. The fourth-order valence-electron chi connectivity index (χ4n) is 0.845. The lowest BCUT2D eigenvalue weighted by Crippen LogP contribution is -2.09. The van der Waals surface area contributed by atoms with Gasteiger partial charge in [0.05, 0.1) is 11.9 Å². The number of nitrogens with zero attached hydrogens (tertiary/aromatic N) is 3. The summed E-state index contributed by atoms with van der Waals surface area (Å²) in [7, 11) is 3.88. The predicted octanol–water partition coefficient (Wildman–Crippen LogP) is 0.956. The molecule has 0 atom stereocenters. The van der Waals surface area contributed by atoms with Gasteiger partial charge in [-0.05, 0) is 12.1 Å². The fourth-order valence-corrected chi connectivity index (χ4v) is 0.845. The van der Waals surface area contributed by atoms with E-state index in [4.69, 9.17) is 5.21 Å². The van der Waals surface area contributed by atoms with Crippen LogP contribution < -0.4 is 4.90 Å². The van der Waals surface area contributed by atoms with Crippen LogP contribution >= 0.6 is 0 Å².